The van der Waals surface area contributed by atoms with Gasteiger partial charge in [-0.3, -0.25) is 0 Å². The molecule has 0 aliphatic carbocycles. The first-order chi connectivity index (χ1) is 10.0. The predicted molar refractivity (Wildman–Crippen MR) is 85.3 cm³/mol. The summed E-state index contributed by atoms with van der Waals surface area (Å²) in [7, 11) is 2.92. The molecule has 0 saturated heterocycles. The smallest absolute Gasteiger partial charge is 0.200 e. The Hall–Kier alpha value is -2.52. The molecule has 0 unspecified atom stereocenters. The number of nitrogens with one attached hydrogen (secondary N) is 1. The summed E-state index contributed by atoms with van der Waals surface area (Å²) in [6, 6.07) is 5.31. The first-order valence-electron chi connectivity index (χ1n) is 6.02. The highest BCUT2D eigenvalue weighted by Crippen LogP contribution is 2.37. The molecule has 0 spiro atoms. The SMILES string of the molecule is COc1cc(C=CC=C(C#N)NC(C)=S)cc(OC)c1O. The van der Waals surface area contributed by atoms with Crippen LogP contribution in [0.1, 0.15) is 12.5 Å². The highest BCUT2D eigenvalue weighted by atomic mass is 32.1. The van der Waals surface area contributed by atoms with Crippen molar-refractivity contribution in [3.8, 4) is 23.3 Å². The summed E-state index contributed by atoms with van der Waals surface area (Å²) in [5.74, 6) is 0.570. The Morgan fingerprint density at radius 3 is 2.33 bits per heavy atom. The van der Waals surface area contributed by atoms with Gasteiger partial charge in [-0.1, -0.05) is 24.4 Å². The fourth-order valence-electron chi connectivity index (χ4n) is 1.56. The van der Waals surface area contributed by atoms with Crippen molar-refractivity contribution in [2.75, 3.05) is 14.2 Å². The first-order valence-corrected chi connectivity index (χ1v) is 6.43. The van der Waals surface area contributed by atoms with E-state index in [0.717, 1.165) is 5.56 Å². The van der Waals surface area contributed by atoms with Crippen molar-refractivity contribution in [2.24, 2.45) is 0 Å². The zero-order valence-electron chi connectivity index (χ0n) is 12.0. The minimum Gasteiger partial charge on any atom is -0.502 e. The second kappa shape index (κ2) is 7.92. The third-order valence-electron chi connectivity index (χ3n) is 2.48. The second-order valence-corrected chi connectivity index (χ2v) is 4.62. The van der Waals surface area contributed by atoms with Gasteiger partial charge in [-0.2, -0.15) is 5.26 Å². The van der Waals surface area contributed by atoms with Crippen molar-refractivity contribution >= 4 is 23.3 Å². The summed E-state index contributed by atoms with van der Waals surface area (Å²) in [4.78, 5) is 0.518. The Morgan fingerprint density at radius 2 is 1.90 bits per heavy atom. The van der Waals surface area contributed by atoms with E-state index in [0.29, 0.717) is 22.2 Å². The summed E-state index contributed by atoms with van der Waals surface area (Å²) < 4.78 is 10.1. The van der Waals surface area contributed by atoms with Crippen LogP contribution in [0.25, 0.3) is 6.08 Å². The summed E-state index contributed by atoms with van der Waals surface area (Å²) in [5.41, 5.74) is 1.10. The van der Waals surface area contributed by atoms with Gasteiger partial charge < -0.3 is 19.9 Å². The van der Waals surface area contributed by atoms with E-state index < -0.39 is 0 Å². The molecular formula is C15H16N2O3S. The highest BCUT2D eigenvalue weighted by Gasteiger charge is 2.09. The number of phenolic OH excluding ortho intramolecular Hbond substituents is 1. The number of aromatic hydroxyl groups is 1. The van der Waals surface area contributed by atoms with Crippen LogP contribution < -0.4 is 14.8 Å². The zero-order chi connectivity index (χ0) is 15.8. The molecule has 110 valence electrons. The van der Waals surface area contributed by atoms with Crippen molar-refractivity contribution in [1.29, 1.82) is 5.26 Å². The topological polar surface area (TPSA) is 74.5 Å². The number of hydrogen-bond acceptors (Lipinski definition) is 5. The normalized spacial score (nSPS) is 11.0. The molecule has 0 fully saturated rings. The number of benzene rings is 1. The molecule has 21 heavy (non-hydrogen) atoms. The maximum Gasteiger partial charge on any atom is 0.200 e. The lowest BCUT2D eigenvalue weighted by Gasteiger charge is -2.09. The van der Waals surface area contributed by atoms with E-state index in [4.69, 9.17) is 27.0 Å². The molecule has 0 aliphatic rings. The lowest BCUT2D eigenvalue weighted by Crippen LogP contribution is -2.15. The number of nitrogens with zero attached hydrogens (tertiary/aromatic N) is 1. The first kappa shape index (κ1) is 16.5. The van der Waals surface area contributed by atoms with Gasteiger partial charge in [-0.05, 0) is 30.7 Å². The van der Waals surface area contributed by atoms with E-state index >= 15 is 0 Å². The summed E-state index contributed by atoms with van der Waals surface area (Å²) in [6.45, 7) is 1.69. The molecule has 1 aromatic carbocycles. The number of ether oxygens (including phenoxy) is 2. The van der Waals surface area contributed by atoms with Crippen LogP contribution in [0.4, 0.5) is 0 Å². The molecule has 1 rings (SSSR count). The molecule has 0 radical (unpaired) electrons. The lowest BCUT2D eigenvalue weighted by molar-refractivity contribution is 0.340. The van der Waals surface area contributed by atoms with Crippen molar-refractivity contribution in [1.82, 2.24) is 5.32 Å². The number of phenols is 1. The van der Waals surface area contributed by atoms with E-state index in [1.165, 1.54) is 14.2 Å². The van der Waals surface area contributed by atoms with Gasteiger partial charge in [0.05, 0.1) is 19.2 Å². The van der Waals surface area contributed by atoms with Crippen molar-refractivity contribution < 1.29 is 14.6 Å². The van der Waals surface area contributed by atoms with Crippen LogP contribution >= 0.6 is 12.2 Å². The highest BCUT2D eigenvalue weighted by molar-refractivity contribution is 7.80. The van der Waals surface area contributed by atoms with Crippen LogP contribution in [0.3, 0.4) is 0 Å². The second-order valence-electron chi connectivity index (χ2n) is 4.01. The molecule has 0 aliphatic heterocycles. The largest absolute Gasteiger partial charge is 0.502 e. The molecule has 0 heterocycles. The minimum absolute atomic E-state index is 0.0524. The predicted octanol–water partition coefficient (Wildman–Crippen LogP) is 2.77. The van der Waals surface area contributed by atoms with Crippen LogP contribution in [0.5, 0.6) is 17.2 Å². The van der Waals surface area contributed by atoms with E-state index in [1.54, 1.807) is 37.3 Å². The van der Waals surface area contributed by atoms with Crippen LogP contribution in [-0.4, -0.2) is 24.3 Å². The monoisotopic (exact) mass is 304 g/mol. The van der Waals surface area contributed by atoms with Crippen LogP contribution in [0.2, 0.25) is 0 Å². The number of nitriles is 1. The molecule has 2 N–H and O–H groups in total. The van der Waals surface area contributed by atoms with Crippen LogP contribution in [0.15, 0.2) is 30.0 Å². The summed E-state index contributed by atoms with van der Waals surface area (Å²) in [5, 5.41) is 21.5. The molecule has 6 heteroatoms. The molecule has 1 aromatic rings. The number of thiocarbonyl (C=S) groups is 1. The maximum absolute atomic E-state index is 9.81. The zero-order valence-corrected chi connectivity index (χ0v) is 12.8. The molecule has 0 saturated carbocycles. The Labute approximate surface area is 129 Å². The molecule has 0 bridgehead atoms. The molecular weight excluding hydrogens is 288 g/mol. The van der Waals surface area contributed by atoms with Crippen LogP contribution in [0, 0.1) is 11.3 Å². The molecule has 0 atom stereocenters. The minimum atomic E-state index is -0.0524. The third kappa shape index (κ3) is 4.82. The Morgan fingerprint density at radius 1 is 1.33 bits per heavy atom. The van der Waals surface area contributed by atoms with Gasteiger partial charge in [0.15, 0.2) is 11.5 Å². The molecule has 0 aromatic heterocycles. The Balaban J connectivity index is 3.02. The fraction of sp³-hybridized carbons (Fsp3) is 0.200. The van der Waals surface area contributed by atoms with Crippen LogP contribution in [-0.2, 0) is 0 Å². The van der Waals surface area contributed by atoms with Gasteiger partial charge in [0.25, 0.3) is 0 Å². The summed E-state index contributed by atoms with van der Waals surface area (Å²) in [6.07, 6.45) is 5.04. The van der Waals surface area contributed by atoms with Gasteiger partial charge in [0.2, 0.25) is 5.75 Å². The average Bonchev–Trinajstić information content (AvgIpc) is 2.47. The fourth-order valence-corrected chi connectivity index (χ4v) is 1.67. The number of methoxy groups -OCH3 is 2. The van der Waals surface area contributed by atoms with E-state index in [9.17, 15) is 5.11 Å². The number of rotatable bonds is 5. The van der Waals surface area contributed by atoms with E-state index in [2.05, 4.69) is 5.32 Å². The van der Waals surface area contributed by atoms with Gasteiger partial charge >= 0.3 is 0 Å². The van der Waals surface area contributed by atoms with Crippen molar-refractivity contribution in [2.45, 2.75) is 6.92 Å². The lowest BCUT2D eigenvalue weighted by atomic mass is 10.1. The van der Waals surface area contributed by atoms with Crippen molar-refractivity contribution in [3.63, 3.8) is 0 Å². The van der Waals surface area contributed by atoms with E-state index in [-0.39, 0.29) is 5.75 Å². The standard InChI is InChI=1S/C15H16N2O3S/c1-10(21)17-12(9-16)6-4-5-11-7-13(19-2)15(18)14(8-11)20-3/h4-8,18H,1-3H3,(H,17,21). The molecule has 0 amide bonds. The Kier molecular flexibility index (Phi) is 6.24. The third-order valence-corrected chi connectivity index (χ3v) is 2.59. The van der Waals surface area contributed by atoms with Gasteiger partial charge in [0.1, 0.15) is 11.8 Å². The van der Waals surface area contributed by atoms with E-state index in [1.807, 2.05) is 6.07 Å². The average molecular weight is 304 g/mol. The number of hydrogen-bond donors (Lipinski definition) is 2. The maximum atomic E-state index is 9.81. The Bertz CT molecular complexity index is 605. The van der Waals surface area contributed by atoms with Crippen molar-refractivity contribution in [3.05, 3.63) is 35.5 Å². The molecule has 5 nitrogen and oxygen atoms in total. The number of allylic oxidation sites excluding steroid dienone is 3. The quantitative estimate of drug-likeness (QED) is 0.495. The van der Waals surface area contributed by atoms with Gasteiger partial charge in [-0.15, -0.1) is 0 Å². The van der Waals surface area contributed by atoms with Gasteiger partial charge in [-0.25, -0.2) is 0 Å². The van der Waals surface area contributed by atoms with Gasteiger partial charge in [0, 0.05) is 0 Å². The summed E-state index contributed by atoms with van der Waals surface area (Å²) >= 11 is 4.87.